The van der Waals surface area contributed by atoms with Gasteiger partial charge in [-0.15, -0.1) is 0 Å². The molecule has 4 nitrogen and oxygen atoms in total. The Morgan fingerprint density at radius 1 is 0.839 bits per heavy atom. The van der Waals surface area contributed by atoms with Crippen molar-refractivity contribution in [2.24, 2.45) is 5.92 Å². The molecule has 0 atom stereocenters. The van der Waals surface area contributed by atoms with E-state index in [2.05, 4.69) is 6.07 Å². The monoisotopic (exact) mass is 430 g/mol. The van der Waals surface area contributed by atoms with Gasteiger partial charge in [0, 0.05) is 13.1 Å². The van der Waals surface area contributed by atoms with Gasteiger partial charge in [-0.2, -0.15) is 9.57 Å². The average Bonchev–Trinajstić information content (AvgIpc) is 2.82. The van der Waals surface area contributed by atoms with Crippen LogP contribution in [0.3, 0.4) is 0 Å². The number of benzene rings is 3. The van der Waals surface area contributed by atoms with Crippen LogP contribution in [0.4, 0.5) is 0 Å². The van der Waals surface area contributed by atoms with Crippen LogP contribution in [-0.4, -0.2) is 25.8 Å². The summed E-state index contributed by atoms with van der Waals surface area (Å²) in [5.74, 6) is 0.0202. The minimum atomic E-state index is -3.53. The van der Waals surface area contributed by atoms with Gasteiger partial charge in [-0.25, -0.2) is 8.42 Å². The molecule has 0 amide bonds. The average molecular weight is 431 g/mol. The van der Waals surface area contributed by atoms with Gasteiger partial charge in [0.05, 0.1) is 11.0 Å². The van der Waals surface area contributed by atoms with E-state index in [1.165, 1.54) is 0 Å². The standard InChI is InChI=1S/C26H26N2O2S/c1-21-12-14-25(15-13-21)31(29,30)28-18-16-24(17-19-28)26(20-27,22-8-4-2-5-9-22)23-10-6-3-7-11-23/h2-15,24H,16-19H2,1H3. The number of rotatable bonds is 5. The normalized spacial score (nSPS) is 16.0. The molecule has 3 aromatic rings. The van der Waals surface area contributed by atoms with E-state index in [1.54, 1.807) is 16.4 Å². The summed E-state index contributed by atoms with van der Waals surface area (Å²) in [7, 11) is -3.53. The van der Waals surface area contributed by atoms with Crippen LogP contribution in [0.2, 0.25) is 0 Å². The van der Waals surface area contributed by atoms with Crippen LogP contribution in [0, 0.1) is 24.2 Å². The maximum atomic E-state index is 13.1. The highest BCUT2D eigenvalue weighted by atomic mass is 32.2. The lowest BCUT2D eigenvalue weighted by atomic mass is 9.64. The maximum Gasteiger partial charge on any atom is 0.243 e. The summed E-state index contributed by atoms with van der Waals surface area (Å²) in [6, 6.07) is 29.4. The Hall–Kier alpha value is -2.94. The summed E-state index contributed by atoms with van der Waals surface area (Å²) in [5, 5.41) is 10.5. The lowest BCUT2D eigenvalue weighted by molar-refractivity contribution is 0.229. The molecule has 0 aliphatic carbocycles. The van der Waals surface area contributed by atoms with Crippen molar-refractivity contribution in [1.82, 2.24) is 4.31 Å². The first-order valence-corrected chi connectivity index (χ1v) is 12.0. The zero-order chi connectivity index (χ0) is 21.9. The largest absolute Gasteiger partial charge is 0.243 e. The Kier molecular flexibility index (Phi) is 5.95. The van der Waals surface area contributed by atoms with Crippen LogP contribution in [0.1, 0.15) is 29.5 Å². The van der Waals surface area contributed by atoms with Crippen molar-refractivity contribution in [3.05, 3.63) is 102 Å². The summed E-state index contributed by atoms with van der Waals surface area (Å²) in [6.45, 7) is 2.75. The van der Waals surface area contributed by atoms with E-state index in [0.717, 1.165) is 16.7 Å². The minimum Gasteiger partial charge on any atom is -0.207 e. The lowest BCUT2D eigenvalue weighted by Crippen LogP contribution is -2.45. The van der Waals surface area contributed by atoms with E-state index in [0.29, 0.717) is 30.8 Å². The number of nitriles is 1. The molecule has 0 unspecified atom stereocenters. The first kappa shape index (κ1) is 21.3. The third kappa shape index (κ3) is 3.89. The van der Waals surface area contributed by atoms with E-state index >= 15 is 0 Å². The molecule has 1 aliphatic rings. The van der Waals surface area contributed by atoms with Gasteiger partial charge in [0.25, 0.3) is 0 Å². The molecule has 0 N–H and O–H groups in total. The smallest absolute Gasteiger partial charge is 0.207 e. The first-order valence-electron chi connectivity index (χ1n) is 10.6. The second-order valence-electron chi connectivity index (χ2n) is 8.14. The molecule has 0 spiro atoms. The fourth-order valence-corrected chi connectivity index (χ4v) is 6.12. The molecular weight excluding hydrogens is 404 g/mol. The van der Waals surface area contributed by atoms with Crippen molar-refractivity contribution in [3.63, 3.8) is 0 Å². The van der Waals surface area contributed by atoms with Gasteiger partial charge in [0.1, 0.15) is 5.41 Å². The van der Waals surface area contributed by atoms with Gasteiger partial charge in [0.2, 0.25) is 10.0 Å². The highest BCUT2D eigenvalue weighted by Crippen LogP contribution is 2.44. The number of hydrogen-bond donors (Lipinski definition) is 0. The molecule has 5 heteroatoms. The topological polar surface area (TPSA) is 61.2 Å². The van der Waals surface area contributed by atoms with Gasteiger partial charge in [-0.3, -0.25) is 0 Å². The molecule has 1 fully saturated rings. The molecule has 0 bridgehead atoms. The fourth-order valence-electron chi connectivity index (χ4n) is 4.65. The second kappa shape index (κ2) is 8.66. The summed E-state index contributed by atoms with van der Waals surface area (Å²) < 4.78 is 27.8. The van der Waals surface area contributed by atoms with Crippen LogP contribution < -0.4 is 0 Å². The summed E-state index contributed by atoms with van der Waals surface area (Å²) >= 11 is 0. The van der Waals surface area contributed by atoms with Gasteiger partial charge in [-0.1, -0.05) is 78.4 Å². The highest BCUT2D eigenvalue weighted by molar-refractivity contribution is 7.89. The van der Waals surface area contributed by atoms with Gasteiger partial charge < -0.3 is 0 Å². The van der Waals surface area contributed by atoms with Gasteiger partial charge in [-0.05, 0) is 48.9 Å². The number of hydrogen-bond acceptors (Lipinski definition) is 3. The van der Waals surface area contributed by atoms with Crippen LogP contribution in [-0.2, 0) is 15.4 Å². The van der Waals surface area contributed by atoms with Gasteiger partial charge in [0.15, 0.2) is 0 Å². The van der Waals surface area contributed by atoms with E-state index in [4.69, 9.17) is 0 Å². The predicted octanol–water partition coefficient (Wildman–Crippen LogP) is 4.91. The zero-order valence-corrected chi connectivity index (χ0v) is 18.4. The number of nitrogens with zero attached hydrogens (tertiary/aromatic N) is 2. The third-order valence-electron chi connectivity index (χ3n) is 6.36. The predicted molar refractivity (Wildman–Crippen MR) is 122 cm³/mol. The summed E-state index contributed by atoms with van der Waals surface area (Å²) in [5.41, 5.74) is 2.15. The van der Waals surface area contributed by atoms with E-state index in [-0.39, 0.29) is 5.92 Å². The molecule has 1 aliphatic heterocycles. The molecular formula is C26H26N2O2S. The second-order valence-corrected chi connectivity index (χ2v) is 10.1. The van der Waals surface area contributed by atoms with E-state index in [9.17, 15) is 13.7 Å². The Labute approximate surface area is 184 Å². The van der Waals surface area contributed by atoms with Crippen molar-refractivity contribution in [2.75, 3.05) is 13.1 Å². The molecule has 0 radical (unpaired) electrons. The van der Waals surface area contributed by atoms with Crippen molar-refractivity contribution in [2.45, 2.75) is 30.1 Å². The molecule has 0 aromatic heterocycles. The molecule has 1 heterocycles. The Morgan fingerprint density at radius 2 is 1.32 bits per heavy atom. The highest BCUT2D eigenvalue weighted by Gasteiger charge is 2.45. The molecule has 4 rings (SSSR count). The number of piperidine rings is 1. The third-order valence-corrected chi connectivity index (χ3v) is 8.27. The SMILES string of the molecule is Cc1ccc(S(=O)(=O)N2CCC(C(C#N)(c3ccccc3)c3ccccc3)CC2)cc1. The van der Waals surface area contributed by atoms with Crippen LogP contribution >= 0.6 is 0 Å². The van der Waals surface area contributed by atoms with Gasteiger partial charge >= 0.3 is 0 Å². The molecule has 1 saturated heterocycles. The van der Waals surface area contributed by atoms with E-state index in [1.807, 2.05) is 79.7 Å². The van der Waals surface area contributed by atoms with Crippen LogP contribution in [0.15, 0.2) is 89.8 Å². The van der Waals surface area contributed by atoms with Crippen molar-refractivity contribution >= 4 is 10.0 Å². The van der Waals surface area contributed by atoms with Crippen LogP contribution in [0.25, 0.3) is 0 Å². The maximum absolute atomic E-state index is 13.1. The van der Waals surface area contributed by atoms with E-state index < -0.39 is 15.4 Å². The Bertz CT molecular complexity index is 1120. The fraction of sp³-hybridized carbons (Fsp3) is 0.269. The van der Waals surface area contributed by atoms with Crippen molar-refractivity contribution in [1.29, 1.82) is 5.26 Å². The molecule has 0 saturated carbocycles. The van der Waals surface area contributed by atoms with Crippen molar-refractivity contribution < 1.29 is 8.42 Å². The minimum absolute atomic E-state index is 0.0202. The molecule has 31 heavy (non-hydrogen) atoms. The molecule has 3 aromatic carbocycles. The summed E-state index contributed by atoms with van der Waals surface area (Å²) in [6.07, 6.45) is 1.25. The lowest BCUT2D eigenvalue weighted by Gasteiger charge is -2.41. The first-order chi connectivity index (χ1) is 15.0. The zero-order valence-electron chi connectivity index (χ0n) is 17.6. The van der Waals surface area contributed by atoms with Crippen LogP contribution in [0.5, 0.6) is 0 Å². The quantitative estimate of drug-likeness (QED) is 0.578. The number of sulfonamides is 1. The molecule has 158 valence electrons. The Morgan fingerprint density at radius 3 is 1.77 bits per heavy atom. The summed E-state index contributed by atoms with van der Waals surface area (Å²) in [4.78, 5) is 0.328. The van der Waals surface area contributed by atoms with Crippen molar-refractivity contribution in [3.8, 4) is 6.07 Å². The number of aryl methyl sites for hydroxylation is 1. The Balaban J connectivity index is 1.65.